The van der Waals surface area contributed by atoms with Crippen LogP contribution in [0.1, 0.15) is 33.6 Å². The molecular formula is C29H42N4O6S. The molecule has 4 heterocycles. The number of anilines is 1. The Morgan fingerprint density at radius 3 is 2.58 bits per heavy atom. The lowest BCUT2D eigenvalue weighted by Crippen LogP contribution is -2.58. The van der Waals surface area contributed by atoms with Gasteiger partial charge in [0, 0.05) is 37.1 Å². The van der Waals surface area contributed by atoms with Gasteiger partial charge in [-0.05, 0) is 49.9 Å². The first-order chi connectivity index (χ1) is 19.3. The number of hydrogen-bond acceptors (Lipinski definition) is 8. The van der Waals surface area contributed by atoms with E-state index in [0.29, 0.717) is 45.0 Å². The summed E-state index contributed by atoms with van der Waals surface area (Å²) in [5.41, 5.74) is 0.644. The average Bonchev–Trinajstić information content (AvgIpc) is 3.58. The van der Waals surface area contributed by atoms with Crippen molar-refractivity contribution >= 4 is 35.2 Å². The second kappa shape index (κ2) is 12.3. The van der Waals surface area contributed by atoms with Crippen LogP contribution in [0.2, 0.25) is 0 Å². The van der Waals surface area contributed by atoms with Gasteiger partial charge in [0.1, 0.15) is 11.8 Å². The van der Waals surface area contributed by atoms with Crippen LogP contribution in [0.25, 0.3) is 0 Å². The maximum atomic E-state index is 14.2. The van der Waals surface area contributed by atoms with Crippen LogP contribution in [-0.4, -0.2) is 107 Å². The SMILES string of the molecule is CCOc1ccc(NC(=O)[C@@H]2[C@H]3C(=O)N([C@@H](CO)C(C)C)C(C(=O)NCCN4CCOCC4)C34CC[C@H]2S4)cc1. The molecule has 1 aromatic carbocycles. The van der Waals surface area contributed by atoms with Gasteiger partial charge in [0.15, 0.2) is 0 Å². The number of nitrogens with zero attached hydrogens (tertiary/aromatic N) is 2. The lowest BCUT2D eigenvalue weighted by Gasteiger charge is -2.38. The van der Waals surface area contributed by atoms with Gasteiger partial charge < -0.3 is 30.1 Å². The maximum absolute atomic E-state index is 14.2. The summed E-state index contributed by atoms with van der Waals surface area (Å²) in [5.74, 6) is -1.06. The van der Waals surface area contributed by atoms with Gasteiger partial charge in [-0.3, -0.25) is 19.3 Å². The molecule has 220 valence electrons. The van der Waals surface area contributed by atoms with Crippen molar-refractivity contribution in [2.24, 2.45) is 17.8 Å². The number of amides is 3. The van der Waals surface area contributed by atoms with Gasteiger partial charge in [0.25, 0.3) is 0 Å². The first-order valence-corrected chi connectivity index (χ1v) is 15.4. The lowest BCUT2D eigenvalue weighted by atomic mass is 9.70. The monoisotopic (exact) mass is 574 g/mol. The third kappa shape index (κ3) is 5.33. The van der Waals surface area contributed by atoms with E-state index >= 15 is 0 Å². The summed E-state index contributed by atoms with van der Waals surface area (Å²) in [4.78, 5) is 45.7. The number of carbonyl (C=O) groups is 3. The van der Waals surface area contributed by atoms with Crippen LogP contribution in [0, 0.1) is 17.8 Å². The summed E-state index contributed by atoms with van der Waals surface area (Å²) in [7, 11) is 0. The fraction of sp³-hybridized carbons (Fsp3) is 0.690. The number of thioether (sulfide) groups is 1. The molecule has 0 saturated carbocycles. The highest BCUT2D eigenvalue weighted by molar-refractivity contribution is 8.02. The molecule has 10 nitrogen and oxygen atoms in total. The molecule has 2 unspecified atom stereocenters. The third-order valence-electron chi connectivity index (χ3n) is 8.87. The van der Waals surface area contributed by atoms with E-state index in [1.54, 1.807) is 28.8 Å². The minimum absolute atomic E-state index is 0.0333. The first kappa shape index (κ1) is 29.2. The molecule has 6 atom stereocenters. The number of benzene rings is 1. The summed E-state index contributed by atoms with van der Waals surface area (Å²) in [5, 5.41) is 16.4. The number of nitrogens with one attached hydrogen (secondary N) is 2. The predicted molar refractivity (Wildman–Crippen MR) is 153 cm³/mol. The Bertz CT molecular complexity index is 1080. The Balaban J connectivity index is 1.37. The van der Waals surface area contributed by atoms with E-state index in [1.807, 2.05) is 32.9 Å². The van der Waals surface area contributed by atoms with E-state index in [1.165, 1.54) is 0 Å². The van der Waals surface area contributed by atoms with Crippen molar-refractivity contribution in [1.82, 2.24) is 15.1 Å². The number of rotatable bonds is 11. The smallest absolute Gasteiger partial charge is 0.244 e. The highest BCUT2D eigenvalue weighted by Gasteiger charge is 2.74. The van der Waals surface area contributed by atoms with Crippen LogP contribution < -0.4 is 15.4 Å². The van der Waals surface area contributed by atoms with E-state index in [9.17, 15) is 19.5 Å². The molecular weight excluding hydrogens is 532 g/mol. The summed E-state index contributed by atoms with van der Waals surface area (Å²) < 4.78 is 10.2. The number of aliphatic hydroxyl groups is 1. The number of morpholine rings is 1. The Kier molecular flexibility index (Phi) is 8.94. The van der Waals surface area contributed by atoms with Crippen molar-refractivity contribution in [2.45, 2.75) is 55.7 Å². The number of fused-ring (bicyclic) bond motifs is 1. The topological polar surface area (TPSA) is 120 Å². The second-order valence-electron chi connectivity index (χ2n) is 11.5. The summed E-state index contributed by atoms with van der Waals surface area (Å²) in [6.45, 7) is 10.4. The molecule has 40 heavy (non-hydrogen) atoms. The van der Waals surface area contributed by atoms with Crippen molar-refractivity contribution < 1.29 is 29.0 Å². The molecule has 0 radical (unpaired) electrons. The summed E-state index contributed by atoms with van der Waals surface area (Å²) in [6, 6.07) is 5.99. The highest BCUT2D eigenvalue weighted by Crippen LogP contribution is 2.66. The Hall–Kier alpha value is -2.34. The molecule has 4 saturated heterocycles. The minimum Gasteiger partial charge on any atom is -0.494 e. The van der Waals surface area contributed by atoms with Gasteiger partial charge in [-0.25, -0.2) is 0 Å². The molecule has 3 N–H and O–H groups in total. The number of carbonyl (C=O) groups excluding carboxylic acids is 3. The molecule has 11 heteroatoms. The third-order valence-corrected chi connectivity index (χ3v) is 10.8. The standard InChI is InChI=1S/C29H42N4O6S/c1-4-39-20-7-5-19(6-8-20)31-26(35)23-22-9-10-29(40-22)24(23)28(37)33(21(17-34)18(2)3)25(29)27(36)30-11-12-32-13-15-38-16-14-32/h5-8,18,21-25,34H,4,9-17H2,1-3H3,(H,30,36)(H,31,35)/t21-,22+,23-,24-,25?,29?/m0/s1. The van der Waals surface area contributed by atoms with Crippen molar-refractivity contribution in [2.75, 3.05) is 57.9 Å². The van der Waals surface area contributed by atoms with Crippen LogP contribution in [0.3, 0.4) is 0 Å². The van der Waals surface area contributed by atoms with Gasteiger partial charge in [0.05, 0.1) is 49.1 Å². The number of aliphatic hydroxyl groups excluding tert-OH is 1. The van der Waals surface area contributed by atoms with E-state index in [0.717, 1.165) is 25.3 Å². The fourth-order valence-electron chi connectivity index (χ4n) is 6.95. The quantitative estimate of drug-likeness (QED) is 0.365. The van der Waals surface area contributed by atoms with E-state index in [-0.39, 0.29) is 35.5 Å². The van der Waals surface area contributed by atoms with Gasteiger partial charge in [-0.1, -0.05) is 13.8 Å². The fourth-order valence-corrected chi connectivity index (χ4v) is 9.16. The van der Waals surface area contributed by atoms with Gasteiger partial charge in [0.2, 0.25) is 17.7 Å². The zero-order valence-electron chi connectivity index (χ0n) is 23.6. The van der Waals surface area contributed by atoms with Crippen molar-refractivity contribution in [3.05, 3.63) is 24.3 Å². The van der Waals surface area contributed by atoms with Crippen LogP contribution in [0.4, 0.5) is 5.69 Å². The van der Waals surface area contributed by atoms with Crippen molar-refractivity contribution in [3.8, 4) is 5.75 Å². The molecule has 4 aliphatic heterocycles. The minimum atomic E-state index is -0.729. The summed E-state index contributed by atoms with van der Waals surface area (Å²) >= 11 is 1.64. The largest absolute Gasteiger partial charge is 0.494 e. The molecule has 2 bridgehead atoms. The Morgan fingerprint density at radius 1 is 1.20 bits per heavy atom. The van der Waals surface area contributed by atoms with E-state index in [2.05, 4.69) is 15.5 Å². The Morgan fingerprint density at radius 2 is 1.93 bits per heavy atom. The van der Waals surface area contributed by atoms with Crippen molar-refractivity contribution in [1.29, 1.82) is 0 Å². The van der Waals surface area contributed by atoms with Crippen LogP contribution >= 0.6 is 11.8 Å². The van der Waals surface area contributed by atoms with Crippen LogP contribution in [0.5, 0.6) is 5.75 Å². The first-order valence-electron chi connectivity index (χ1n) is 14.5. The highest BCUT2D eigenvalue weighted by atomic mass is 32.2. The lowest BCUT2D eigenvalue weighted by molar-refractivity contribution is -0.143. The molecule has 1 spiro atoms. The molecule has 0 aromatic heterocycles. The molecule has 5 rings (SSSR count). The van der Waals surface area contributed by atoms with E-state index < -0.39 is 28.7 Å². The molecule has 0 aliphatic carbocycles. The number of ether oxygens (including phenoxy) is 2. The predicted octanol–water partition coefficient (Wildman–Crippen LogP) is 1.58. The molecule has 4 fully saturated rings. The number of hydrogen-bond donors (Lipinski definition) is 3. The zero-order chi connectivity index (χ0) is 28.4. The normalized spacial score (nSPS) is 30.4. The van der Waals surface area contributed by atoms with Gasteiger partial charge >= 0.3 is 0 Å². The maximum Gasteiger partial charge on any atom is 0.244 e. The summed E-state index contributed by atoms with van der Waals surface area (Å²) in [6.07, 6.45) is 1.46. The van der Waals surface area contributed by atoms with Crippen LogP contribution in [-0.2, 0) is 19.1 Å². The molecule has 4 aliphatic rings. The van der Waals surface area contributed by atoms with E-state index in [4.69, 9.17) is 9.47 Å². The van der Waals surface area contributed by atoms with Crippen molar-refractivity contribution in [3.63, 3.8) is 0 Å². The zero-order valence-corrected chi connectivity index (χ0v) is 24.5. The second-order valence-corrected chi connectivity index (χ2v) is 13.1. The molecule has 3 amide bonds. The molecule has 1 aromatic rings. The average molecular weight is 575 g/mol. The Labute approximate surface area is 240 Å². The number of likely N-dealkylation sites (tertiary alicyclic amines) is 1. The van der Waals surface area contributed by atoms with Crippen LogP contribution in [0.15, 0.2) is 24.3 Å². The van der Waals surface area contributed by atoms with Gasteiger partial charge in [-0.2, -0.15) is 0 Å². The van der Waals surface area contributed by atoms with Gasteiger partial charge in [-0.15, -0.1) is 11.8 Å².